The Labute approximate surface area is 151 Å². The highest BCUT2D eigenvalue weighted by molar-refractivity contribution is 7.92. The van der Waals surface area contributed by atoms with Crippen molar-refractivity contribution in [3.63, 3.8) is 0 Å². The molecular formula is C16H17Cl2N3O2S. The lowest BCUT2D eigenvalue weighted by molar-refractivity contribution is 0.589. The Bertz CT molecular complexity index is 799. The second kappa shape index (κ2) is 7.19. The van der Waals surface area contributed by atoms with Crippen molar-refractivity contribution in [2.24, 2.45) is 0 Å². The maximum absolute atomic E-state index is 12.5. The molecule has 0 atom stereocenters. The average molecular weight is 386 g/mol. The molecule has 2 N–H and O–H groups in total. The molecule has 1 aliphatic heterocycles. The molecule has 0 radical (unpaired) electrons. The Morgan fingerprint density at radius 1 is 0.958 bits per heavy atom. The topological polar surface area (TPSA) is 61.4 Å². The zero-order valence-electron chi connectivity index (χ0n) is 12.8. The van der Waals surface area contributed by atoms with Crippen molar-refractivity contribution in [3.8, 4) is 0 Å². The van der Waals surface area contributed by atoms with E-state index in [1.54, 1.807) is 18.2 Å². The van der Waals surface area contributed by atoms with Gasteiger partial charge in [0, 0.05) is 41.9 Å². The minimum Gasteiger partial charge on any atom is -0.369 e. The highest BCUT2D eigenvalue weighted by atomic mass is 35.5. The van der Waals surface area contributed by atoms with Crippen LogP contribution in [0.2, 0.25) is 10.0 Å². The quantitative estimate of drug-likeness (QED) is 0.847. The van der Waals surface area contributed by atoms with Crippen LogP contribution in [-0.2, 0) is 10.0 Å². The van der Waals surface area contributed by atoms with Gasteiger partial charge in [-0.2, -0.15) is 0 Å². The Morgan fingerprint density at radius 3 is 2.12 bits per heavy atom. The molecule has 1 heterocycles. The molecule has 0 spiro atoms. The predicted octanol–water partition coefficient (Wildman–Crippen LogP) is 3.20. The van der Waals surface area contributed by atoms with Gasteiger partial charge < -0.3 is 10.2 Å². The second-order valence-corrected chi connectivity index (χ2v) is 8.05. The van der Waals surface area contributed by atoms with Crippen LogP contribution in [0, 0.1) is 0 Å². The number of rotatable bonds is 4. The normalized spacial score (nSPS) is 15.3. The molecule has 1 saturated heterocycles. The first kappa shape index (κ1) is 17.4. The zero-order valence-corrected chi connectivity index (χ0v) is 15.1. The molecule has 8 heteroatoms. The van der Waals surface area contributed by atoms with Crippen molar-refractivity contribution < 1.29 is 8.42 Å². The molecule has 0 saturated carbocycles. The van der Waals surface area contributed by atoms with Crippen LogP contribution in [0.25, 0.3) is 0 Å². The first-order valence-corrected chi connectivity index (χ1v) is 9.73. The van der Waals surface area contributed by atoms with Gasteiger partial charge in [-0.1, -0.05) is 23.2 Å². The minimum absolute atomic E-state index is 0.192. The van der Waals surface area contributed by atoms with Gasteiger partial charge in [0.1, 0.15) is 0 Å². The number of halogens is 2. The Kier molecular flexibility index (Phi) is 5.20. The summed E-state index contributed by atoms with van der Waals surface area (Å²) in [5.74, 6) is 0. The van der Waals surface area contributed by atoms with E-state index in [0.29, 0.717) is 15.7 Å². The molecular weight excluding hydrogens is 369 g/mol. The van der Waals surface area contributed by atoms with Crippen molar-refractivity contribution in [3.05, 3.63) is 52.5 Å². The summed E-state index contributed by atoms with van der Waals surface area (Å²) in [5, 5.41) is 4.03. The number of anilines is 2. The lowest BCUT2D eigenvalue weighted by atomic mass is 10.2. The van der Waals surface area contributed by atoms with Crippen LogP contribution in [0.1, 0.15) is 0 Å². The molecule has 0 aromatic heterocycles. The van der Waals surface area contributed by atoms with Crippen molar-refractivity contribution in [1.29, 1.82) is 0 Å². The van der Waals surface area contributed by atoms with Crippen molar-refractivity contribution in [2.75, 3.05) is 35.8 Å². The highest BCUT2D eigenvalue weighted by Gasteiger charge is 2.16. The summed E-state index contributed by atoms with van der Waals surface area (Å²) in [5.41, 5.74) is 1.35. The summed E-state index contributed by atoms with van der Waals surface area (Å²) < 4.78 is 27.5. The SMILES string of the molecule is O=S(=O)(Nc1cc(Cl)cc(Cl)c1)c1ccc(N2CCNCC2)cc1. The summed E-state index contributed by atoms with van der Waals surface area (Å²) >= 11 is 11.8. The number of hydrogen-bond donors (Lipinski definition) is 2. The third kappa shape index (κ3) is 4.13. The smallest absolute Gasteiger partial charge is 0.261 e. The van der Waals surface area contributed by atoms with E-state index in [9.17, 15) is 8.42 Å². The molecule has 128 valence electrons. The van der Waals surface area contributed by atoms with Gasteiger partial charge in [0.05, 0.1) is 10.6 Å². The summed E-state index contributed by atoms with van der Waals surface area (Å²) in [6, 6.07) is 11.4. The summed E-state index contributed by atoms with van der Waals surface area (Å²) in [4.78, 5) is 2.41. The molecule has 1 aliphatic rings. The molecule has 0 unspecified atom stereocenters. The van der Waals surface area contributed by atoms with E-state index in [2.05, 4.69) is 14.9 Å². The van der Waals surface area contributed by atoms with Crippen molar-refractivity contribution in [2.45, 2.75) is 4.90 Å². The molecule has 2 aromatic carbocycles. The van der Waals surface area contributed by atoms with E-state index < -0.39 is 10.0 Å². The molecule has 1 fully saturated rings. The predicted molar refractivity (Wildman–Crippen MR) is 98.8 cm³/mol. The van der Waals surface area contributed by atoms with Crippen LogP contribution in [0.4, 0.5) is 11.4 Å². The number of hydrogen-bond acceptors (Lipinski definition) is 4. The van der Waals surface area contributed by atoms with E-state index in [1.807, 2.05) is 12.1 Å². The van der Waals surface area contributed by atoms with E-state index in [1.165, 1.54) is 12.1 Å². The van der Waals surface area contributed by atoms with Crippen LogP contribution < -0.4 is 14.9 Å². The summed E-state index contributed by atoms with van der Waals surface area (Å²) in [7, 11) is -3.69. The summed E-state index contributed by atoms with van der Waals surface area (Å²) in [6.45, 7) is 3.67. The zero-order chi connectivity index (χ0) is 17.2. The first-order valence-electron chi connectivity index (χ1n) is 7.49. The Balaban J connectivity index is 1.79. The van der Waals surface area contributed by atoms with Gasteiger partial charge in [0.2, 0.25) is 0 Å². The van der Waals surface area contributed by atoms with Crippen molar-refractivity contribution >= 4 is 44.6 Å². The molecule has 0 amide bonds. The maximum Gasteiger partial charge on any atom is 0.261 e. The average Bonchev–Trinajstić information content (AvgIpc) is 2.54. The fourth-order valence-corrected chi connectivity index (χ4v) is 4.15. The molecule has 0 bridgehead atoms. The van der Waals surface area contributed by atoms with Gasteiger partial charge >= 0.3 is 0 Å². The van der Waals surface area contributed by atoms with E-state index in [-0.39, 0.29) is 4.90 Å². The van der Waals surface area contributed by atoms with Crippen LogP contribution >= 0.6 is 23.2 Å². The monoisotopic (exact) mass is 385 g/mol. The molecule has 24 heavy (non-hydrogen) atoms. The van der Waals surface area contributed by atoms with Gasteiger partial charge in [-0.25, -0.2) is 8.42 Å². The molecule has 5 nitrogen and oxygen atoms in total. The Morgan fingerprint density at radius 2 is 1.54 bits per heavy atom. The second-order valence-electron chi connectivity index (χ2n) is 5.49. The highest BCUT2D eigenvalue weighted by Crippen LogP contribution is 2.25. The lowest BCUT2D eigenvalue weighted by Gasteiger charge is -2.29. The van der Waals surface area contributed by atoms with Crippen LogP contribution in [0.15, 0.2) is 47.4 Å². The standard InChI is InChI=1S/C16H17Cl2N3O2S/c17-12-9-13(18)11-14(10-12)20-24(22,23)16-3-1-15(2-4-16)21-7-5-19-6-8-21/h1-4,9-11,19-20H,5-8H2. The third-order valence-electron chi connectivity index (χ3n) is 3.74. The number of nitrogens with zero attached hydrogens (tertiary/aromatic N) is 1. The number of benzene rings is 2. The summed E-state index contributed by atoms with van der Waals surface area (Å²) in [6.07, 6.45) is 0. The van der Waals surface area contributed by atoms with Gasteiger partial charge in [-0.3, -0.25) is 4.72 Å². The van der Waals surface area contributed by atoms with E-state index >= 15 is 0 Å². The first-order chi connectivity index (χ1) is 11.4. The number of piperazine rings is 1. The van der Waals surface area contributed by atoms with Crippen LogP contribution in [0.3, 0.4) is 0 Å². The molecule has 0 aliphatic carbocycles. The number of nitrogens with one attached hydrogen (secondary N) is 2. The molecule has 2 aromatic rings. The maximum atomic E-state index is 12.5. The fraction of sp³-hybridized carbons (Fsp3) is 0.250. The minimum atomic E-state index is -3.69. The fourth-order valence-electron chi connectivity index (χ4n) is 2.59. The van der Waals surface area contributed by atoms with Gasteiger partial charge in [-0.05, 0) is 42.5 Å². The van der Waals surface area contributed by atoms with Crippen molar-refractivity contribution in [1.82, 2.24) is 5.32 Å². The lowest BCUT2D eigenvalue weighted by Crippen LogP contribution is -2.43. The van der Waals surface area contributed by atoms with Gasteiger partial charge in [0.15, 0.2) is 0 Å². The van der Waals surface area contributed by atoms with E-state index in [0.717, 1.165) is 31.9 Å². The number of sulfonamides is 1. The van der Waals surface area contributed by atoms with Gasteiger partial charge in [-0.15, -0.1) is 0 Å². The molecule has 3 rings (SSSR count). The largest absolute Gasteiger partial charge is 0.369 e. The Hall–Kier alpha value is -1.47. The van der Waals surface area contributed by atoms with Gasteiger partial charge in [0.25, 0.3) is 10.0 Å². The third-order valence-corrected chi connectivity index (χ3v) is 5.58. The van der Waals surface area contributed by atoms with Crippen LogP contribution in [0.5, 0.6) is 0 Å². The van der Waals surface area contributed by atoms with E-state index in [4.69, 9.17) is 23.2 Å². The van der Waals surface area contributed by atoms with Crippen LogP contribution in [-0.4, -0.2) is 34.6 Å².